The van der Waals surface area contributed by atoms with E-state index in [4.69, 9.17) is 4.98 Å². The lowest BCUT2D eigenvalue weighted by Crippen LogP contribution is -2.48. The van der Waals surface area contributed by atoms with E-state index in [1.807, 2.05) is 17.7 Å². The second-order valence-electron chi connectivity index (χ2n) is 9.01. The van der Waals surface area contributed by atoms with Gasteiger partial charge in [-0.2, -0.15) is 10.1 Å². The molecule has 0 aromatic carbocycles. The first-order chi connectivity index (χ1) is 15.5. The molecule has 0 radical (unpaired) electrons. The fraction of sp³-hybridized carbons (Fsp3) is 0.522. The van der Waals surface area contributed by atoms with Crippen molar-refractivity contribution < 1.29 is 4.79 Å². The number of hydrogen-bond donors (Lipinski definition) is 1. The molecule has 1 atom stereocenters. The first-order valence-corrected chi connectivity index (χ1v) is 11.4. The van der Waals surface area contributed by atoms with Crippen LogP contribution in [0.15, 0.2) is 29.3 Å². The number of aryl methyl sites for hydroxylation is 2. The van der Waals surface area contributed by atoms with Crippen molar-refractivity contribution in [1.82, 2.24) is 29.6 Å². The number of piperidine rings is 1. The van der Waals surface area contributed by atoms with Gasteiger partial charge in [0.15, 0.2) is 0 Å². The zero-order valence-electron chi connectivity index (χ0n) is 18.6. The van der Waals surface area contributed by atoms with Crippen LogP contribution < -0.4 is 15.8 Å². The summed E-state index contributed by atoms with van der Waals surface area (Å²) >= 11 is 0. The van der Waals surface area contributed by atoms with Crippen molar-refractivity contribution in [1.29, 1.82) is 0 Å². The predicted octanol–water partition coefficient (Wildman–Crippen LogP) is 2.35. The standard InChI is InChI=1S/C23H29N7O2/c1-15-12-20(31)30(17-7-3-4-8-17)21-18(15)13-24-23(26-21)29-10-5-6-16(14-29)25-22(32)19-9-11-28(2)27-19/h9,11-13,16-17H,3-8,10,14H2,1-2H3,(H,25,32). The molecule has 4 heterocycles. The summed E-state index contributed by atoms with van der Waals surface area (Å²) in [5, 5.41) is 8.21. The van der Waals surface area contributed by atoms with Gasteiger partial charge in [0.1, 0.15) is 11.3 Å². The monoisotopic (exact) mass is 435 g/mol. The number of amides is 1. The quantitative estimate of drug-likeness (QED) is 0.676. The van der Waals surface area contributed by atoms with Crippen LogP contribution >= 0.6 is 0 Å². The fourth-order valence-corrected chi connectivity index (χ4v) is 5.00. The summed E-state index contributed by atoms with van der Waals surface area (Å²) in [7, 11) is 1.79. The molecule has 5 rings (SSSR count). The lowest BCUT2D eigenvalue weighted by molar-refractivity contribution is 0.0927. The zero-order chi connectivity index (χ0) is 22.2. The van der Waals surface area contributed by atoms with Crippen LogP contribution in [0.5, 0.6) is 0 Å². The average Bonchev–Trinajstić information content (AvgIpc) is 3.46. The molecule has 1 amide bonds. The third kappa shape index (κ3) is 3.87. The Hall–Kier alpha value is -3.23. The number of nitrogens with one attached hydrogen (secondary N) is 1. The second-order valence-corrected chi connectivity index (χ2v) is 9.01. The topological polar surface area (TPSA) is 97.9 Å². The van der Waals surface area contributed by atoms with Gasteiger partial charge >= 0.3 is 0 Å². The maximum Gasteiger partial charge on any atom is 0.272 e. The van der Waals surface area contributed by atoms with E-state index in [9.17, 15) is 9.59 Å². The SMILES string of the molecule is Cc1cc(=O)n(C2CCCC2)c2nc(N3CCCC(NC(=O)c4ccn(C)n4)C3)ncc12. The molecular weight excluding hydrogens is 406 g/mol. The van der Waals surface area contributed by atoms with Crippen molar-refractivity contribution in [3.63, 3.8) is 0 Å². The van der Waals surface area contributed by atoms with Crippen LogP contribution in [0.1, 0.15) is 60.6 Å². The van der Waals surface area contributed by atoms with E-state index in [2.05, 4.69) is 20.3 Å². The number of aromatic nitrogens is 5. The highest BCUT2D eigenvalue weighted by molar-refractivity contribution is 5.92. The highest BCUT2D eigenvalue weighted by Gasteiger charge is 2.26. The Morgan fingerprint density at radius 1 is 1.19 bits per heavy atom. The van der Waals surface area contributed by atoms with Crippen LogP contribution in [0.2, 0.25) is 0 Å². The molecule has 3 aromatic heterocycles. The van der Waals surface area contributed by atoms with Crippen molar-refractivity contribution in [2.24, 2.45) is 7.05 Å². The molecule has 32 heavy (non-hydrogen) atoms. The molecule has 1 saturated carbocycles. The Balaban J connectivity index is 1.42. The minimum Gasteiger partial charge on any atom is -0.346 e. The fourth-order valence-electron chi connectivity index (χ4n) is 5.00. The van der Waals surface area contributed by atoms with E-state index in [1.54, 1.807) is 30.1 Å². The van der Waals surface area contributed by atoms with Gasteiger partial charge in [-0.25, -0.2) is 4.98 Å². The second kappa shape index (κ2) is 8.37. The molecule has 168 valence electrons. The van der Waals surface area contributed by atoms with Gasteiger partial charge in [0.2, 0.25) is 5.95 Å². The van der Waals surface area contributed by atoms with Gasteiger partial charge in [-0.05, 0) is 44.2 Å². The number of rotatable bonds is 4. The van der Waals surface area contributed by atoms with Gasteiger partial charge < -0.3 is 10.2 Å². The number of pyridine rings is 1. The van der Waals surface area contributed by atoms with Gasteiger partial charge in [-0.3, -0.25) is 18.8 Å². The van der Waals surface area contributed by atoms with E-state index in [0.717, 1.165) is 61.7 Å². The van der Waals surface area contributed by atoms with Crippen molar-refractivity contribution in [3.8, 4) is 0 Å². The van der Waals surface area contributed by atoms with Gasteiger partial charge in [0, 0.05) is 56.1 Å². The number of carbonyl (C=O) groups excluding carboxylic acids is 1. The summed E-state index contributed by atoms with van der Waals surface area (Å²) in [5.41, 5.74) is 2.07. The van der Waals surface area contributed by atoms with Gasteiger partial charge in [-0.1, -0.05) is 12.8 Å². The molecule has 3 aromatic rings. The number of anilines is 1. The molecule has 0 bridgehead atoms. The van der Waals surface area contributed by atoms with E-state index in [1.165, 1.54) is 0 Å². The van der Waals surface area contributed by atoms with Crippen molar-refractivity contribution in [2.75, 3.05) is 18.0 Å². The summed E-state index contributed by atoms with van der Waals surface area (Å²) in [5.74, 6) is 0.452. The van der Waals surface area contributed by atoms with E-state index in [-0.39, 0.29) is 23.6 Å². The number of carbonyl (C=O) groups is 1. The van der Waals surface area contributed by atoms with E-state index >= 15 is 0 Å². The molecule has 9 heteroatoms. The summed E-state index contributed by atoms with van der Waals surface area (Å²) in [4.78, 5) is 37.0. The molecular formula is C23H29N7O2. The number of nitrogens with zero attached hydrogens (tertiary/aromatic N) is 6. The largest absolute Gasteiger partial charge is 0.346 e. The normalized spacial score (nSPS) is 19.6. The Labute approximate surface area is 186 Å². The Bertz CT molecular complexity index is 1210. The van der Waals surface area contributed by atoms with E-state index < -0.39 is 0 Å². The molecule has 1 unspecified atom stereocenters. The molecule has 1 aliphatic heterocycles. The minimum absolute atomic E-state index is 0.00733. The molecule has 9 nitrogen and oxygen atoms in total. The lowest BCUT2D eigenvalue weighted by atomic mass is 10.1. The maximum atomic E-state index is 12.9. The number of fused-ring (bicyclic) bond motifs is 1. The average molecular weight is 436 g/mol. The smallest absolute Gasteiger partial charge is 0.272 e. The molecule has 0 spiro atoms. The molecule has 1 aliphatic carbocycles. The maximum absolute atomic E-state index is 12.9. The molecule has 1 saturated heterocycles. The van der Waals surface area contributed by atoms with Crippen molar-refractivity contribution in [3.05, 3.63) is 46.1 Å². The zero-order valence-corrected chi connectivity index (χ0v) is 18.6. The highest BCUT2D eigenvalue weighted by atomic mass is 16.2. The van der Waals surface area contributed by atoms with Crippen LogP contribution in [-0.2, 0) is 7.05 Å². The van der Waals surface area contributed by atoms with E-state index in [0.29, 0.717) is 18.2 Å². The first kappa shape index (κ1) is 20.7. The van der Waals surface area contributed by atoms with Crippen molar-refractivity contribution >= 4 is 22.9 Å². The minimum atomic E-state index is -0.164. The Morgan fingerprint density at radius 3 is 2.75 bits per heavy atom. The van der Waals surface area contributed by atoms with Crippen LogP contribution in [0.3, 0.4) is 0 Å². The summed E-state index contributed by atoms with van der Waals surface area (Å²) < 4.78 is 3.50. The third-order valence-electron chi connectivity index (χ3n) is 6.66. The highest BCUT2D eigenvalue weighted by Crippen LogP contribution is 2.31. The summed E-state index contributed by atoms with van der Waals surface area (Å²) in [6.45, 7) is 3.39. The molecule has 1 N–H and O–H groups in total. The van der Waals surface area contributed by atoms with Crippen LogP contribution in [-0.4, -0.2) is 49.4 Å². The first-order valence-electron chi connectivity index (χ1n) is 11.4. The summed E-state index contributed by atoms with van der Waals surface area (Å²) in [6, 6.07) is 3.62. The van der Waals surface area contributed by atoms with Gasteiger partial charge in [0.25, 0.3) is 11.5 Å². The van der Waals surface area contributed by atoms with Crippen LogP contribution in [0, 0.1) is 6.92 Å². The van der Waals surface area contributed by atoms with Gasteiger partial charge in [0.05, 0.1) is 0 Å². The Morgan fingerprint density at radius 2 is 2.00 bits per heavy atom. The number of hydrogen-bond acceptors (Lipinski definition) is 6. The Kier molecular flexibility index (Phi) is 5.40. The predicted molar refractivity (Wildman–Crippen MR) is 122 cm³/mol. The lowest BCUT2D eigenvalue weighted by Gasteiger charge is -2.33. The van der Waals surface area contributed by atoms with Crippen LogP contribution in [0.25, 0.3) is 11.0 Å². The van der Waals surface area contributed by atoms with Gasteiger partial charge in [-0.15, -0.1) is 0 Å². The molecule has 2 aliphatic rings. The summed E-state index contributed by atoms with van der Waals surface area (Å²) in [6.07, 6.45) is 9.76. The third-order valence-corrected chi connectivity index (χ3v) is 6.66. The van der Waals surface area contributed by atoms with Crippen molar-refractivity contribution in [2.45, 2.75) is 57.5 Å². The van der Waals surface area contributed by atoms with Crippen LogP contribution in [0.4, 0.5) is 5.95 Å². The molecule has 2 fully saturated rings.